The quantitative estimate of drug-likeness (QED) is 0.911. The van der Waals surface area contributed by atoms with Gasteiger partial charge in [0.15, 0.2) is 0 Å². The fourth-order valence-corrected chi connectivity index (χ4v) is 2.09. The number of anilines is 2. The number of benzene rings is 1. The maximum atomic E-state index is 12.0. The Morgan fingerprint density at radius 1 is 1.33 bits per heavy atom. The Morgan fingerprint density at radius 3 is 2.90 bits per heavy atom. The van der Waals surface area contributed by atoms with Crippen LogP contribution in [0.25, 0.3) is 0 Å². The number of nitrogens with zero attached hydrogens (tertiary/aromatic N) is 2. The molecule has 3 rings (SSSR count). The first kappa shape index (κ1) is 13.8. The summed E-state index contributed by atoms with van der Waals surface area (Å²) in [5, 5.41) is 6.75. The van der Waals surface area contributed by atoms with E-state index in [4.69, 9.17) is 11.6 Å². The molecule has 1 aromatic heterocycles. The lowest BCUT2D eigenvalue weighted by atomic mass is 10.2. The van der Waals surface area contributed by atoms with Crippen LogP contribution in [0.3, 0.4) is 0 Å². The van der Waals surface area contributed by atoms with Crippen molar-refractivity contribution in [2.45, 2.75) is 25.8 Å². The van der Waals surface area contributed by atoms with Crippen molar-refractivity contribution in [1.82, 2.24) is 15.3 Å². The highest BCUT2D eigenvalue weighted by Gasteiger charge is 2.24. The second kappa shape index (κ2) is 5.69. The topological polar surface area (TPSA) is 66.9 Å². The van der Waals surface area contributed by atoms with E-state index in [1.165, 1.54) is 6.33 Å². The number of carbonyl (C=O) groups is 1. The first-order valence-corrected chi connectivity index (χ1v) is 7.16. The zero-order chi connectivity index (χ0) is 14.8. The lowest BCUT2D eigenvalue weighted by molar-refractivity contribution is 0.0946. The molecule has 1 aliphatic carbocycles. The summed E-state index contributed by atoms with van der Waals surface area (Å²) in [5.74, 6) is 0.405. The minimum Gasteiger partial charge on any atom is -0.348 e. The fourth-order valence-electron chi connectivity index (χ4n) is 1.92. The van der Waals surface area contributed by atoms with Crippen LogP contribution >= 0.6 is 11.6 Å². The summed E-state index contributed by atoms with van der Waals surface area (Å²) in [7, 11) is 0. The van der Waals surface area contributed by atoms with Gasteiger partial charge in [0.2, 0.25) is 0 Å². The van der Waals surface area contributed by atoms with Crippen molar-refractivity contribution in [3.05, 3.63) is 46.9 Å². The Labute approximate surface area is 127 Å². The second-order valence-corrected chi connectivity index (χ2v) is 5.48. The van der Waals surface area contributed by atoms with Gasteiger partial charge in [-0.3, -0.25) is 4.79 Å². The molecule has 1 saturated carbocycles. The lowest BCUT2D eigenvalue weighted by Crippen LogP contribution is -2.26. The number of carbonyl (C=O) groups excluding carboxylic acids is 1. The van der Waals surface area contributed by atoms with Crippen molar-refractivity contribution in [3.63, 3.8) is 0 Å². The summed E-state index contributed by atoms with van der Waals surface area (Å²) in [6.45, 7) is 1.92. The van der Waals surface area contributed by atoms with Crippen molar-refractivity contribution in [1.29, 1.82) is 0 Å². The molecule has 1 heterocycles. The van der Waals surface area contributed by atoms with Gasteiger partial charge in [0.1, 0.15) is 17.8 Å². The summed E-state index contributed by atoms with van der Waals surface area (Å²) in [5.41, 5.74) is 2.15. The first-order valence-electron chi connectivity index (χ1n) is 6.78. The van der Waals surface area contributed by atoms with E-state index in [0.717, 1.165) is 24.1 Å². The van der Waals surface area contributed by atoms with Crippen LogP contribution in [-0.4, -0.2) is 21.9 Å². The van der Waals surface area contributed by atoms with E-state index in [0.29, 0.717) is 22.6 Å². The third-order valence-corrected chi connectivity index (χ3v) is 3.75. The van der Waals surface area contributed by atoms with E-state index < -0.39 is 0 Å². The van der Waals surface area contributed by atoms with Crippen LogP contribution in [0.4, 0.5) is 11.5 Å². The molecule has 2 aromatic rings. The van der Waals surface area contributed by atoms with E-state index in [1.807, 2.05) is 25.1 Å². The first-order chi connectivity index (χ1) is 10.1. The van der Waals surface area contributed by atoms with Gasteiger partial charge in [0.05, 0.1) is 0 Å². The number of halogens is 1. The summed E-state index contributed by atoms with van der Waals surface area (Å²) < 4.78 is 0. The highest BCUT2D eigenvalue weighted by atomic mass is 35.5. The maximum Gasteiger partial charge on any atom is 0.270 e. The Hall–Kier alpha value is -2.14. The van der Waals surface area contributed by atoms with Gasteiger partial charge in [-0.05, 0) is 37.5 Å². The summed E-state index contributed by atoms with van der Waals surface area (Å²) in [6.07, 6.45) is 3.47. The number of aromatic nitrogens is 2. The fraction of sp³-hybridized carbons (Fsp3) is 0.267. The zero-order valence-electron chi connectivity index (χ0n) is 11.6. The normalized spacial score (nSPS) is 13.8. The average molecular weight is 303 g/mol. The summed E-state index contributed by atoms with van der Waals surface area (Å²) >= 11 is 6.09. The Kier molecular flexibility index (Phi) is 3.75. The van der Waals surface area contributed by atoms with Gasteiger partial charge < -0.3 is 10.6 Å². The van der Waals surface area contributed by atoms with Crippen molar-refractivity contribution < 1.29 is 4.79 Å². The Balaban J connectivity index is 1.79. The van der Waals surface area contributed by atoms with Crippen LogP contribution in [0.1, 0.15) is 28.9 Å². The molecule has 21 heavy (non-hydrogen) atoms. The predicted molar refractivity (Wildman–Crippen MR) is 82.0 cm³/mol. The van der Waals surface area contributed by atoms with Gasteiger partial charge in [-0.25, -0.2) is 9.97 Å². The molecule has 0 saturated heterocycles. The predicted octanol–water partition coefficient (Wildman–Crippen LogP) is 3.07. The molecule has 1 fully saturated rings. The molecule has 1 aliphatic rings. The molecule has 6 heteroatoms. The maximum absolute atomic E-state index is 12.0. The number of hydrogen-bond donors (Lipinski definition) is 2. The van der Waals surface area contributed by atoms with E-state index in [2.05, 4.69) is 20.6 Å². The molecule has 0 unspecified atom stereocenters. The van der Waals surface area contributed by atoms with Crippen molar-refractivity contribution in [3.8, 4) is 0 Å². The Morgan fingerprint density at radius 2 is 2.14 bits per heavy atom. The third-order valence-electron chi connectivity index (χ3n) is 3.34. The number of rotatable bonds is 4. The van der Waals surface area contributed by atoms with Gasteiger partial charge >= 0.3 is 0 Å². The van der Waals surface area contributed by atoms with Crippen molar-refractivity contribution in [2.75, 3.05) is 5.32 Å². The highest BCUT2D eigenvalue weighted by Crippen LogP contribution is 2.25. The molecule has 1 amide bonds. The SMILES string of the molecule is Cc1c(Cl)cccc1Nc1cc(C(=O)NC2CC2)ncn1. The minimum absolute atomic E-state index is 0.161. The van der Waals surface area contributed by atoms with Crippen LogP contribution in [0.5, 0.6) is 0 Å². The monoisotopic (exact) mass is 302 g/mol. The van der Waals surface area contributed by atoms with E-state index in [9.17, 15) is 4.79 Å². The molecule has 1 aromatic carbocycles. The molecule has 5 nitrogen and oxygen atoms in total. The molecule has 0 radical (unpaired) electrons. The largest absolute Gasteiger partial charge is 0.348 e. The zero-order valence-corrected chi connectivity index (χ0v) is 12.3. The standard InChI is InChI=1S/C15H15ClN4O/c1-9-11(16)3-2-4-12(9)20-14-7-13(17-8-18-14)15(21)19-10-5-6-10/h2-4,7-8,10H,5-6H2,1H3,(H,19,21)(H,17,18,20). The van der Waals surface area contributed by atoms with E-state index in [-0.39, 0.29) is 5.91 Å². The number of hydrogen-bond acceptors (Lipinski definition) is 4. The number of nitrogens with one attached hydrogen (secondary N) is 2. The summed E-state index contributed by atoms with van der Waals surface area (Å²) in [6, 6.07) is 7.54. The van der Waals surface area contributed by atoms with E-state index >= 15 is 0 Å². The number of amides is 1. The van der Waals surface area contributed by atoms with Crippen LogP contribution in [0.15, 0.2) is 30.6 Å². The molecule has 108 valence electrons. The molecule has 0 spiro atoms. The van der Waals surface area contributed by atoms with Crippen LogP contribution in [0, 0.1) is 6.92 Å². The van der Waals surface area contributed by atoms with Gasteiger partial charge in [0.25, 0.3) is 5.91 Å². The molecule has 0 atom stereocenters. The van der Waals surface area contributed by atoms with Crippen LogP contribution in [0.2, 0.25) is 5.02 Å². The molecular formula is C15H15ClN4O. The Bertz CT molecular complexity index is 685. The second-order valence-electron chi connectivity index (χ2n) is 5.07. The molecule has 0 bridgehead atoms. The minimum atomic E-state index is -0.161. The third kappa shape index (κ3) is 3.31. The van der Waals surface area contributed by atoms with Gasteiger partial charge in [-0.2, -0.15) is 0 Å². The van der Waals surface area contributed by atoms with E-state index in [1.54, 1.807) is 6.07 Å². The van der Waals surface area contributed by atoms with Gasteiger partial charge in [-0.15, -0.1) is 0 Å². The van der Waals surface area contributed by atoms with Crippen LogP contribution < -0.4 is 10.6 Å². The highest BCUT2D eigenvalue weighted by molar-refractivity contribution is 6.31. The lowest BCUT2D eigenvalue weighted by Gasteiger charge is -2.10. The van der Waals surface area contributed by atoms with Crippen molar-refractivity contribution >= 4 is 29.0 Å². The average Bonchev–Trinajstić information content (AvgIpc) is 3.28. The molecule has 0 aliphatic heterocycles. The smallest absolute Gasteiger partial charge is 0.270 e. The van der Waals surface area contributed by atoms with Crippen LogP contribution in [-0.2, 0) is 0 Å². The summed E-state index contributed by atoms with van der Waals surface area (Å²) in [4.78, 5) is 20.1. The van der Waals surface area contributed by atoms with Crippen molar-refractivity contribution in [2.24, 2.45) is 0 Å². The molecular weight excluding hydrogens is 288 g/mol. The molecule has 2 N–H and O–H groups in total. The van der Waals surface area contributed by atoms with Gasteiger partial charge in [-0.1, -0.05) is 17.7 Å². The van der Waals surface area contributed by atoms with Gasteiger partial charge in [0, 0.05) is 22.8 Å².